The van der Waals surface area contributed by atoms with E-state index in [0.717, 1.165) is 63.5 Å². The molecule has 0 N–H and O–H groups in total. The highest BCUT2D eigenvalue weighted by Crippen LogP contribution is 2.26. The van der Waals surface area contributed by atoms with Gasteiger partial charge in [0.1, 0.15) is 28.7 Å². The van der Waals surface area contributed by atoms with Crippen LogP contribution in [-0.4, -0.2) is 74.4 Å². The van der Waals surface area contributed by atoms with E-state index < -0.39 is 34.8 Å². The summed E-state index contributed by atoms with van der Waals surface area (Å²) in [7, 11) is 0. The predicted molar refractivity (Wildman–Crippen MR) is 273 cm³/mol. The lowest BCUT2D eigenvalue weighted by Crippen LogP contribution is -2.18. The van der Waals surface area contributed by atoms with E-state index in [1.54, 1.807) is 72.8 Å². The highest BCUT2D eigenvalue weighted by molar-refractivity contribution is 6.06. The highest BCUT2D eigenvalue weighted by Gasteiger charge is 2.23. The quantitative estimate of drug-likeness (QED) is 0.00556. The summed E-state index contributed by atoms with van der Waals surface area (Å²) in [4.78, 5) is 73.3. The Kier molecular flexibility index (Phi) is 24.0. The van der Waals surface area contributed by atoms with Crippen LogP contribution < -0.4 is 23.7 Å². The fourth-order valence-corrected chi connectivity index (χ4v) is 6.69. The van der Waals surface area contributed by atoms with Crippen LogP contribution in [0.25, 0.3) is 0 Å². The van der Waals surface area contributed by atoms with Gasteiger partial charge in [-0.2, -0.15) is 10.2 Å². The number of nitrogens with zero attached hydrogens (tertiary/aromatic N) is 3. The van der Waals surface area contributed by atoms with Crippen molar-refractivity contribution in [2.45, 2.75) is 70.6 Å². The van der Waals surface area contributed by atoms with E-state index in [2.05, 4.69) is 23.4 Å². The molecule has 18 heteroatoms. The molecule has 0 aliphatic rings. The topological polar surface area (TPSA) is 227 Å². The standard InChI is InChI=1S/C56H59N3O15/c1-3-52(60)70-37-12-7-5-10-34-68-46-25-29-48(30-26-46)73-54(62)41-16-33-50(56(64)74-49-31-27-47(28-32-49)69-35-11-6-8-13-38-71-53(61)4-2)51(40-41)55(63)72-39-15-9-14-36-67-45-23-19-43(20-24-45)58-57-42-17-21-44(22-18-42)59(65)66/h3-4,16-33,40H,1-2,5-15,34-39H2. The average Bonchev–Trinajstić information content (AvgIpc) is 3.42. The Labute approximate surface area is 429 Å². The summed E-state index contributed by atoms with van der Waals surface area (Å²) in [6.07, 6.45) is 10.6. The number of nitro benzene ring substituents is 1. The minimum atomic E-state index is -0.855. The zero-order valence-corrected chi connectivity index (χ0v) is 41.0. The fraction of sp³-hybridized carbons (Fsp3) is 0.304. The number of benzene rings is 5. The molecule has 388 valence electrons. The van der Waals surface area contributed by atoms with Crippen LogP contribution in [0.2, 0.25) is 0 Å². The SMILES string of the molecule is C=CC(=O)OCCCCCCOc1ccc(OC(=O)c2ccc(C(=O)Oc3ccc(OCCCCCCOC(=O)C=C)cc3)c(C(=O)OCCCCCOc3ccc(N=Nc4ccc([N+](=O)[O-])cc4)cc3)c2)cc1. The van der Waals surface area contributed by atoms with E-state index in [4.69, 9.17) is 37.9 Å². The number of hydrogen-bond acceptors (Lipinski definition) is 17. The van der Waals surface area contributed by atoms with Crippen LogP contribution in [-0.2, 0) is 23.8 Å². The van der Waals surface area contributed by atoms with Gasteiger partial charge in [-0.25, -0.2) is 24.0 Å². The summed E-state index contributed by atoms with van der Waals surface area (Å²) in [5.41, 5.74) is 0.675. The molecule has 0 fully saturated rings. The van der Waals surface area contributed by atoms with Crippen LogP contribution in [0.5, 0.6) is 28.7 Å². The molecule has 0 saturated heterocycles. The van der Waals surface area contributed by atoms with Gasteiger partial charge in [0.2, 0.25) is 0 Å². The van der Waals surface area contributed by atoms with Crippen LogP contribution in [0.15, 0.2) is 151 Å². The lowest BCUT2D eigenvalue weighted by Gasteiger charge is -2.12. The highest BCUT2D eigenvalue weighted by atomic mass is 16.6. The summed E-state index contributed by atoms with van der Waals surface area (Å²) in [5, 5.41) is 19.1. The molecular weight excluding hydrogens is 955 g/mol. The van der Waals surface area contributed by atoms with Crippen molar-refractivity contribution in [3.8, 4) is 28.7 Å². The maximum atomic E-state index is 13.6. The average molecular weight is 1010 g/mol. The van der Waals surface area contributed by atoms with E-state index in [1.165, 1.54) is 42.5 Å². The third-order valence-electron chi connectivity index (χ3n) is 10.7. The molecule has 0 heterocycles. The molecule has 0 saturated carbocycles. The van der Waals surface area contributed by atoms with Crippen molar-refractivity contribution in [3.63, 3.8) is 0 Å². The third kappa shape index (κ3) is 20.6. The molecule has 0 unspecified atom stereocenters. The van der Waals surface area contributed by atoms with Crippen molar-refractivity contribution >= 4 is 46.9 Å². The molecule has 0 atom stereocenters. The number of nitro groups is 1. The van der Waals surface area contributed by atoms with Gasteiger partial charge in [-0.3, -0.25) is 10.1 Å². The Bertz CT molecular complexity index is 2650. The fourth-order valence-electron chi connectivity index (χ4n) is 6.69. The zero-order chi connectivity index (χ0) is 52.8. The van der Waals surface area contributed by atoms with Gasteiger partial charge in [-0.1, -0.05) is 13.2 Å². The summed E-state index contributed by atoms with van der Waals surface area (Å²) in [6, 6.07) is 29.5. The second-order valence-corrected chi connectivity index (χ2v) is 16.3. The number of non-ortho nitro benzene ring substituents is 1. The molecule has 0 aliphatic heterocycles. The Morgan fingerprint density at radius 3 is 1.26 bits per heavy atom. The number of hydrogen-bond donors (Lipinski definition) is 0. The van der Waals surface area contributed by atoms with Gasteiger partial charge in [0.25, 0.3) is 5.69 Å². The van der Waals surface area contributed by atoms with E-state index in [9.17, 15) is 34.1 Å². The van der Waals surface area contributed by atoms with Crippen molar-refractivity contribution in [2.24, 2.45) is 10.2 Å². The second kappa shape index (κ2) is 31.6. The molecular formula is C56H59N3O15. The van der Waals surface area contributed by atoms with Crippen molar-refractivity contribution in [1.82, 2.24) is 0 Å². The number of unbranched alkanes of at least 4 members (excludes halogenated alkanes) is 8. The largest absolute Gasteiger partial charge is 0.494 e. The molecule has 18 nitrogen and oxygen atoms in total. The van der Waals surface area contributed by atoms with Crippen molar-refractivity contribution in [3.05, 3.63) is 167 Å². The summed E-state index contributed by atoms with van der Waals surface area (Å²) >= 11 is 0. The number of carbonyl (C=O) groups excluding carboxylic acids is 5. The molecule has 5 aromatic carbocycles. The van der Waals surface area contributed by atoms with Crippen molar-refractivity contribution in [1.29, 1.82) is 0 Å². The minimum Gasteiger partial charge on any atom is -0.494 e. The molecule has 0 radical (unpaired) electrons. The zero-order valence-electron chi connectivity index (χ0n) is 41.0. The van der Waals surface area contributed by atoms with Crippen molar-refractivity contribution < 1.29 is 66.8 Å². The van der Waals surface area contributed by atoms with E-state index in [0.29, 0.717) is 80.9 Å². The smallest absolute Gasteiger partial charge is 0.344 e. The second-order valence-electron chi connectivity index (χ2n) is 16.3. The maximum absolute atomic E-state index is 13.6. The van der Waals surface area contributed by atoms with E-state index >= 15 is 0 Å². The molecule has 5 rings (SSSR count). The Morgan fingerprint density at radius 2 is 0.811 bits per heavy atom. The summed E-state index contributed by atoms with van der Waals surface area (Å²) < 4.78 is 44.3. The summed E-state index contributed by atoms with van der Waals surface area (Å²) in [6.45, 7) is 8.76. The Hall–Kier alpha value is -8.67. The Morgan fingerprint density at radius 1 is 0.432 bits per heavy atom. The third-order valence-corrected chi connectivity index (χ3v) is 10.7. The molecule has 74 heavy (non-hydrogen) atoms. The van der Waals surface area contributed by atoms with Crippen molar-refractivity contribution in [2.75, 3.05) is 39.6 Å². The number of esters is 5. The number of azo groups is 1. The van der Waals surface area contributed by atoms with Gasteiger partial charge < -0.3 is 37.9 Å². The van der Waals surface area contributed by atoms with Crippen LogP contribution in [0.1, 0.15) is 102 Å². The molecule has 0 bridgehead atoms. The first-order valence-corrected chi connectivity index (χ1v) is 24.2. The van der Waals surface area contributed by atoms with Gasteiger partial charge in [0.05, 0.1) is 72.6 Å². The van der Waals surface area contributed by atoms with Crippen LogP contribution in [0, 0.1) is 10.1 Å². The number of ether oxygens (including phenoxy) is 8. The van der Waals surface area contributed by atoms with Crippen LogP contribution in [0.4, 0.5) is 17.1 Å². The molecule has 0 aliphatic carbocycles. The van der Waals surface area contributed by atoms with Gasteiger partial charge in [0, 0.05) is 24.3 Å². The van der Waals surface area contributed by atoms with E-state index in [-0.39, 0.29) is 40.5 Å². The van der Waals surface area contributed by atoms with Crippen LogP contribution >= 0.6 is 0 Å². The molecule has 0 spiro atoms. The molecule has 0 aromatic heterocycles. The first kappa shape index (κ1) is 56.2. The first-order chi connectivity index (χ1) is 36.0. The van der Waals surface area contributed by atoms with Gasteiger partial charge in [0.15, 0.2) is 0 Å². The minimum absolute atomic E-state index is 0.0107. The normalized spacial score (nSPS) is 10.7. The Balaban J connectivity index is 1.11. The van der Waals surface area contributed by atoms with Crippen LogP contribution in [0.3, 0.4) is 0 Å². The number of rotatable bonds is 33. The van der Waals surface area contributed by atoms with Gasteiger partial charge in [-0.05, 0) is 174 Å². The lowest BCUT2D eigenvalue weighted by molar-refractivity contribution is -0.384. The first-order valence-electron chi connectivity index (χ1n) is 24.2. The van der Waals surface area contributed by atoms with Gasteiger partial charge >= 0.3 is 29.8 Å². The molecule has 0 amide bonds. The monoisotopic (exact) mass is 1010 g/mol. The predicted octanol–water partition coefficient (Wildman–Crippen LogP) is 12.2. The van der Waals surface area contributed by atoms with Gasteiger partial charge in [-0.15, -0.1) is 0 Å². The number of carbonyl (C=O) groups is 5. The van der Waals surface area contributed by atoms with E-state index in [1.807, 2.05) is 0 Å². The lowest BCUT2D eigenvalue weighted by atomic mass is 10.0. The summed E-state index contributed by atoms with van der Waals surface area (Å²) in [5.74, 6) is -1.17. The maximum Gasteiger partial charge on any atom is 0.344 e. The molecule has 5 aromatic rings.